The van der Waals surface area contributed by atoms with Crippen LogP contribution in [0.1, 0.15) is 17.3 Å². The van der Waals surface area contributed by atoms with Gasteiger partial charge < -0.3 is 9.47 Å². The summed E-state index contributed by atoms with van der Waals surface area (Å²) >= 11 is 0. The molecule has 0 aliphatic heterocycles. The maximum atomic E-state index is 10.8. The molecule has 0 aromatic heterocycles. The predicted molar refractivity (Wildman–Crippen MR) is 67.0 cm³/mol. The van der Waals surface area contributed by atoms with Crippen LogP contribution in [0.25, 0.3) is 0 Å². The van der Waals surface area contributed by atoms with Gasteiger partial charge in [0.25, 0.3) is 5.69 Å². The van der Waals surface area contributed by atoms with Gasteiger partial charge in [0, 0.05) is 31.9 Å². The lowest BCUT2D eigenvalue weighted by molar-refractivity contribution is -0.384. The Labute approximate surface area is 110 Å². The summed E-state index contributed by atoms with van der Waals surface area (Å²) in [5, 5.41) is 10.2. The zero-order valence-electron chi connectivity index (χ0n) is 10.9. The number of nitrogens with zero attached hydrogens (tertiary/aromatic N) is 1. The Hall–Kier alpha value is -2.12. The van der Waals surface area contributed by atoms with Crippen molar-refractivity contribution < 1.29 is 24.0 Å². The smallest absolute Gasteiger partial charge is 0.269 e. The van der Waals surface area contributed by atoms with Crippen LogP contribution in [0.5, 0.6) is 0 Å². The molecular formula is C12H15NO6. The van der Waals surface area contributed by atoms with Crippen molar-refractivity contribution in [3.8, 4) is 0 Å². The Bertz CT molecular complexity index is 424. The molecule has 0 spiro atoms. The monoisotopic (exact) mass is 269 g/mol. The second kappa shape index (κ2) is 8.90. The zero-order chi connectivity index (χ0) is 14.8. The molecule has 0 saturated heterocycles. The van der Waals surface area contributed by atoms with Gasteiger partial charge in [-0.1, -0.05) is 0 Å². The van der Waals surface area contributed by atoms with Gasteiger partial charge in [-0.3, -0.25) is 19.7 Å². The van der Waals surface area contributed by atoms with E-state index in [4.69, 9.17) is 0 Å². The average molecular weight is 269 g/mol. The summed E-state index contributed by atoms with van der Waals surface area (Å²) < 4.78 is 9.35. The van der Waals surface area contributed by atoms with Crippen LogP contribution >= 0.6 is 0 Å². The molecule has 0 atom stereocenters. The average Bonchev–Trinajstić information content (AvgIpc) is 2.46. The molecule has 1 aromatic carbocycles. The number of hydrogen-bond acceptors (Lipinski definition) is 6. The highest BCUT2D eigenvalue weighted by molar-refractivity contribution is 6.33. The van der Waals surface area contributed by atoms with Gasteiger partial charge in [-0.05, 0) is 19.1 Å². The van der Waals surface area contributed by atoms with Crippen molar-refractivity contribution in [2.24, 2.45) is 0 Å². The molecule has 0 amide bonds. The van der Waals surface area contributed by atoms with E-state index >= 15 is 0 Å². The van der Waals surface area contributed by atoms with E-state index in [2.05, 4.69) is 9.47 Å². The van der Waals surface area contributed by atoms with Crippen molar-refractivity contribution in [1.82, 2.24) is 0 Å². The fourth-order valence-corrected chi connectivity index (χ4v) is 0.912. The summed E-state index contributed by atoms with van der Waals surface area (Å²) in [5.74, 6) is -0.685. The number of aldehydes is 1. The Morgan fingerprint density at radius 3 is 2.00 bits per heavy atom. The Morgan fingerprint density at radius 2 is 1.74 bits per heavy atom. The molecule has 7 nitrogen and oxygen atoms in total. The number of ether oxygens (including phenoxy) is 2. The number of non-ortho nitro benzene ring substituents is 1. The minimum atomic E-state index is -0.685. The highest BCUT2D eigenvalue weighted by atomic mass is 16.7. The van der Waals surface area contributed by atoms with Gasteiger partial charge in [0.05, 0.1) is 4.92 Å². The summed E-state index contributed by atoms with van der Waals surface area (Å²) in [4.78, 5) is 30.4. The summed E-state index contributed by atoms with van der Waals surface area (Å²) in [6.45, 7) is 1.83. The first-order chi connectivity index (χ1) is 8.96. The van der Waals surface area contributed by atoms with Crippen molar-refractivity contribution in [1.29, 1.82) is 0 Å². The van der Waals surface area contributed by atoms with Gasteiger partial charge in [0.2, 0.25) is 5.78 Å². The number of hydrogen-bond donors (Lipinski definition) is 0. The molecule has 0 unspecified atom stereocenters. The molecule has 104 valence electrons. The first kappa shape index (κ1) is 16.9. The minimum absolute atomic E-state index is 0.0648. The highest BCUT2D eigenvalue weighted by Gasteiger charge is 2.07. The van der Waals surface area contributed by atoms with Gasteiger partial charge in [-0.25, -0.2) is 0 Å². The van der Waals surface area contributed by atoms with E-state index < -0.39 is 10.7 Å². The number of rotatable bonds is 5. The first-order valence-electron chi connectivity index (χ1n) is 5.25. The van der Waals surface area contributed by atoms with Gasteiger partial charge in [0.15, 0.2) is 12.6 Å². The third-order valence-corrected chi connectivity index (χ3v) is 2.13. The van der Waals surface area contributed by atoms with Crippen LogP contribution in [0.15, 0.2) is 24.3 Å². The lowest BCUT2D eigenvalue weighted by Gasteiger charge is -2.03. The van der Waals surface area contributed by atoms with Crippen LogP contribution in [0.3, 0.4) is 0 Å². The Kier molecular flexibility index (Phi) is 7.90. The molecule has 0 bridgehead atoms. The van der Waals surface area contributed by atoms with E-state index in [0.29, 0.717) is 0 Å². The van der Waals surface area contributed by atoms with Crippen LogP contribution in [-0.4, -0.2) is 37.5 Å². The summed E-state index contributed by atoms with van der Waals surface area (Å²) in [7, 11) is 3.21. The number of ketones is 1. The molecule has 0 aliphatic rings. The van der Waals surface area contributed by atoms with E-state index in [0.717, 1.165) is 0 Å². The van der Waals surface area contributed by atoms with Crippen LogP contribution in [0, 0.1) is 10.1 Å². The van der Waals surface area contributed by atoms with Crippen molar-refractivity contribution in [2.75, 3.05) is 14.2 Å². The van der Waals surface area contributed by atoms with Crippen LogP contribution in [0.4, 0.5) is 5.69 Å². The summed E-state index contributed by atoms with van der Waals surface area (Å²) in [5.41, 5.74) is 0.0445. The second-order valence-corrected chi connectivity index (χ2v) is 3.33. The summed E-state index contributed by atoms with van der Waals surface area (Å²) in [6, 6.07) is 4.84. The Balaban J connectivity index is 0.000000459. The topological polar surface area (TPSA) is 95.7 Å². The Morgan fingerprint density at radius 1 is 1.26 bits per heavy atom. The number of benzene rings is 1. The van der Waals surface area contributed by atoms with Crippen LogP contribution in [-0.2, 0) is 14.3 Å². The largest absolute Gasteiger partial charge is 0.356 e. The molecule has 7 heteroatoms. The number of nitro groups is 1. The molecular weight excluding hydrogens is 254 g/mol. The predicted octanol–water partition coefficient (Wildman–Crippen LogP) is 1.60. The quantitative estimate of drug-likeness (QED) is 0.201. The molecule has 0 aliphatic carbocycles. The highest BCUT2D eigenvalue weighted by Crippen LogP contribution is 2.11. The molecule has 1 rings (SSSR count). The lowest BCUT2D eigenvalue weighted by atomic mass is 10.1. The lowest BCUT2D eigenvalue weighted by Crippen LogP contribution is -2.05. The molecule has 0 radical (unpaired) electrons. The van der Waals surface area contributed by atoms with E-state index in [-0.39, 0.29) is 23.8 Å². The van der Waals surface area contributed by atoms with Gasteiger partial charge in [0.1, 0.15) is 0 Å². The molecule has 0 N–H and O–H groups in total. The van der Waals surface area contributed by atoms with Gasteiger partial charge in [-0.15, -0.1) is 0 Å². The second-order valence-electron chi connectivity index (χ2n) is 3.33. The minimum Gasteiger partial charge on any atom is -0.356 e. The third kappa shape index (κ3) is 6.39. The van der Waals surface area contributed by atoms with Crippen LogP contribution < -0.4 is 0 Å². The number of carbonyl (C=O) groups excluding carboxylic acids is 2. The number of nitro benzene ring substituents is 1. The molecule has 0 saturated carbocycles. The number of methoxy groups -OCH3 is 2. The van der Waals surface area contributed by atoms with E-state index in [1.807, 2.05) is 6.92 Å². The van der Waals surface area contributed by atoms with Crippen molar-refractivity contribution in [2.45, 2.75) is 13.2 Å². The van der Waals surface area contributed by atoms with Gasteiger partial charge in [-0.2, -0.15) is 0 Å². The number of Topliss-reactive ketones (excluding diaryl/α,β-unsaturated/α-hetero) is 1. The number of carbonyl (C=O) groups is 2. The van der Waals surface area contributed by atoms with Crippen molar-refractivity contribution in [3.63, 3.8) is 0 Å². The van der Waals surface area contributed by atoms with E-state index in [9.17, 15) is 19.7 Å². The normalized spacial score (nSPS) is 9.47. The van der Waals surface area contributed by atoms with Gasteiger partial charge >= 0.3 is 0 Å². The maximum Gasteiger partial charge on any atom is 0.269 e. The third-order valence-electron chi connectivity index (χ3n) is 2.13. The fourth-order valence-electron chi connectivity index (χ4n) is 0.912. The van der Waals surface area contributed by atoms with Crippen molar-refractivity contribution >= 4 is 17.8 Å². The van der Waals surface area contributed by atoms with E-state index in [1.54, 1.807) is 14.2 Å². The molecule has 0 heterocycles. The standard InChI is InChI=1S/C8H5NO4.C4H10O2/c10-5-8(11)6-1-3-7(4-2-6)9(12)13;1-4(5-2)6-3/h1-5H;4H,1-3H3. The SMILES string of the molecule is COC(C)OC.O=CC(=O)c1ccc([N+](=O)[O-])cc1. The summed E-state index contributed by atoms with van der Waals surface area (Å²) in [6.07, 6.45) is 0.103. The fraction of sp³-hybridized carbons (Fsp3) is 0.333. The van der Waals surface area contributed by atoms with Crippen LogP contribution in [0.2, 0.25) is 0 Å². The van der Waals surface area contributed by atoms with E-state index in [1.165, 1.54) is 24.3 Å². The molecule has 0 fully saturated rings. The molecule has 19 heavy (non-hydrogen) atoms. The molecule has 1 aromatic rings. The maximum absolute atomic E-state index is 10.8. The van der Waals surface area contributed by atoms with Crippen molar-refractivity contribution in [3.05, 3.63) is 39.9 Å². The zero-order valence-corrected chi connectivity index (χ0v) is 10.9. The first-order valence-corrected chi connectivity index (χ1v) is 5.25.